The maximum atomic E-state index is 12.1. The van der Waals surface area contributed by atoms with Crippen LogP contribution in [0.5, 0.6) is 5.75 Å². The zero-order chi connectivity index (χ0) is 13.9. The number of hydrogen-bond donors (Lipinski definition) is 1. The Labute approximate surface area is 118 Å². The first-order chi connectivity index (χ1) is 9.72. The number of rotatable bonds is 4. The molecule has 0 amide bonds. The van der Waals surface area contributed by atoms with Crippen molar-refractivity contribution in [1.29, 1.82) is 0 Å². The Morgan fingerprint density at radius 3 is 2.70 bits per heavy atom. The molecule has 1 aromatic heterocycles. The average molecular weight is 294 g/mol. The summed E-state index contributed by atoms with van der Waals surface area (Å²) >= 11 is 1.65. The SMILES string of the molecule is FC(F)Oc1ccc(C2CC(c3cccs3)=NN2)cc1. The Morgan fingerprint density at radius 1 is 1.25 bits per heavy atom. The summed E-state index contributed by atoms with van der Waals surface area (Å²) in [6.07, 6.45) is 0.787. The standard InChI is InChI=1S/C14H12F2N2OS/c15-14(16)19-10-5-3-9(4-6-10)11-8-12(18-17-11)13-2-1-7-20-13/h1-7,11,14,17H,8H2. The summed E-state index contributed by atoms with van der Waals surface area (Å²) in [5.41, 5.74) is 5.10. The molecule has 3 nitrogen and oxygen atoms in total. The van der Waals surface area contributed by atoms with E-state index >= 15 is 0 Å². The van der Waals surface area contributed by atoms with Crippen LogP contribution in [0.3, 0.4) is 0 Å². The smallest absolute Gasteiger partial charge is 0.387 e. The van der Waals surface area contributed by atoms with Crippen LogP contribution in [0.4, 0.5) is 8.78 Å². The minimum Gasteiger partial charge on any atom is -0.435 e. The topological polar surface area (TPSA) is 33.6 Å². The second kappa shape index (κ2) is 5.58. The number of alkyl halides is 2. The molecule has 20 heavy (non-hydrogen) atoms. The van der Waals surface area contributed by atoms with Crippen LogP contribution in [-0.4, -0.2) is 12.3 Å². The number of hydrogen-bond acceptors (Lipinski definition) is 4. The third-order valence-corrected chi connectivity index (χ3v) is 3.98. The second-order valence-electron chi connectivity index (χ2n) is 4.37. The second-order valence-corrected chi connectivity index (χ2v) is 5.32. The van der Waals surface area contributed by atoms with Gasteiger partial charge in [-0.05, 0) is 29.1 Å². The van der Waals surface area contributed by atoms with Crippen LogP contribution < -0.4 is 10.2 Å². The van der Waals surface area contributed by atoms with Gasteiger partial charge in [-0.1, -0.05) is 18.2 Å². The van der Waals surface area contributed by atoms with Crippen LogP contribution in [0, 0.1) is 0 Å². The zero-order valence-electron chi connectivity index (χ0n) is 10.4. The van der Waals surface area contributed by atoms with Crippen molar-refractivity contribution >= 4 is 17.0 Å². The third-order valence-electron chi connectivity index (χ3n) is 3.07. The minimum atomic E-state index is -2.79. The van der Waals surface area contributed by atoms with E-state index in [1.807, 2.05) is 17.5 Å². The molecule has 1 N–H and O–H groups in total. The maximum Gasteiger partial charge on any atom is 0.387 e. The van der Waals surface area contributed by atoms with E-state index in [1.54, 1.807) is 35.6 Å². The van der Waals surface area contributed by atoms with Crippen molar-refractivity contribution in [3.05, 3.63) is 52.2 Å². The fraction of sp³-hybridized carbons (Fsp3) is 0.214. The Kier molecular flexibility index (Phi) is 3.64. The predicted molar refractivity (Wildman–Crippen MR) is 74.4 cm³/mol. The van der Waals surface area contributed by atoms with Gasteiger partial charge in [-0.3, -0.25) is 0 Å². The molecule has 6 heteroatoms. The van der Waals surface area contributed by atoms with Crippen LogP contribution in [0.2, 0.25) is 0 Å². The molecule has 0 saturated carbocycles. The first-order valence-electron chi connectivity index (χ1n) is 6.13. The summed E-state index contributed by atoms with van der Waals surface area (Å²) in [5.74, 6) is 0.168. The molecular weight excluding hydrogens is 282 g/mol. The number of benzene rings is 1. The van der Waals surface area contributed by atoms with E-state index in [0.29, 0.717) is 0 Å². The van der Waals surface area contributed by atoms with Crippen molar-refractivity contribution < 1.29 is 13.5 Å². The molecule has 0 saturated heterocycles. The van der Waals surface area contributed by atoms with Gasteiger partial charge < -0.3 is 10.2 Å². The molecule has 1 aliphatic heterocycles. The molecule has 0 aliphatic carbocycles. The Bertz CT molecular complexity index is 596. The molecule has 1 aliphatic rings. The van der Waals surface area contributed by atoms with Gasteiger partial charge in [0.2, 0.25) is 0 Å². The minimum absolute atomic E-state index is 0.0766. The molecule has 3 rings (SSSR count). The van der Waals surface area contributed by atoms with Crippen LogP contribution in [-0.2, 0) is 0 Å². The van der Waals surface area contributed by atoms with Crippen LogP contribution >= 0.6 is 11.3 Å². The van der Waals surface area contributed by atoms with Crippen molar-refractivity contribution in [1.82, 2.24) is 5.43 Å². The maximum absolute atomic E-state index is 12.1. The molecule has 0 spiro atoms. The number of thiophene rings is 1. The van der Waals surface area contributed by atoms with Gasteiger partial charge in [-0.25, -0.2) is 0 Å². The third kappa shape index (κ3) is 2.80. The number of hydrazone groups is 1. The monoisotopic (exact) mass is 294 g/mol. The first-order valence-corrected chi connectivity index (χ1v) is 7.01. The highest BCUT2D eigenvalue weighted by atomic mass is 32.1. The molecular formula is C14H12F2N2OS. The highest BCUT2D eigenvalue weighted by Crippen LogP contribution is 2.27. The van der Waals surface area contributed by atoms with Gasteiger partial charge in [0.25, 0.3) is 0 Å². The lowest BCUT2D eigenvalue weighted by Gasteiger charge is -2.11. The highest BCUT2D eigenvalue weighted by molar-refractivity contribution is 7.12. The van der Waals surface area contributed by atoms with Crippen LogP contribution in [0.25, 0.3) is 0 Å². The van der Waals surface area contributed by atoms with Crippen molar-refractivity contribution in [2.24, 2.45) is 5.10 Å². The lowest BCUT2D eigenvalue weighted by molar-refractivity contribution is -0.0498. The molecule has 0 radical (unpaired) electrons. The molecule has 2 aromatic rings. The zero-order valence-corrected chi connectivity index (χ0v) is 11.2. The predicted octanol–water partition coefficient (Wildman–Crippen LogP) is 3.79. The van der Waals surface area contributed by atoms with Gasteiger partial charge in [-0.15, -0.1) is 11.3 Å². The number of nitrogens with one attached hydrogen (secondary N) is 1. The van der Waals surface area contributed by atoms with E-state index in [2.05, 4.69) is 15.3 Å². The number of ether oxygens (including phenoxy) is 1. The number of nitrogens with zero attached hydrogens (tertiary/aromatic N) is 1. The van der Waals surface area contributed by atoms with Gasteiger partial charge in [-0.2, -0.15) is 13.9 Å². The lowest BCUT2D eigenvalue weighted by Crippen LogP contribution is -2.10. The van der Waals surface area contributed by atoms with Crippen molar-refractivity contribution in [3.63, 3.8) is 0 Å². The van der Waals surface area contributed by atoms with Gasteiger partial charge in [0.1, 0.15) is 5.75 Å². The van der Waals surface area contributed by atoms with Crippen LogP contribution in [0.15, 0.2) is 46.9 Å². The van der Waals surface area contributed by atoms with Crippen molar-refractivity contribution in [2.45, 2.75) is 19.1 Å². The van der Waals surface area contributed by atoms with E-state index < -0.39 is 6.61 Å². The summed E-state index contributed by atoms with van der Waals surface area (Å²) in [6, 6.07) is 10.8. The Morgan fingerprint density at radius 2 is 2.05 bits per heavy atom. The van der Waals surface area contributed by atoms with Crippen LogP contribution in [0.1, 0.15) is 22.9 Å². The Balaban J connectivity index is 1.67. The molecule has 2 heterocycles. The largest absolute Gasteiger partial charge is 0.435 e. The lowest BCUT2D eigenvalue weighted by atomic mass is 10.0. The molecule has 1 aromatic carbocycles. The summed E-state index contributed by atoms with van der Waals surface area (Å²) in [7, 11) is 0. The highest BCUT2D eigenvalue weighted by Gasteiger charge is 2.21. The quantitative estimate of drug-likeness (QED) is 0.931. The summed E-state index contributed by atoms with van der Waals surface area (Å²) < 4.78 is 28.5. The van der Waals surface area contributed by atoms with E-state index in [-0.39, 0.29) is 11.8 Å². The summed E-state index contributed by atoms with van der Waals surface area (Å²) in [6.45, 7) is -2.79. The normalized spacial score (nSPS) is 17.9. The summed E-state index contributed by atoms with van der Waals surface area (Å²) in [4.78, 5) is 1.15. The Hall–Kier alpha value is -1.95. The first kappa shape index (κ1) is 13.1. The molecule has 0 bridgehead atoms. The van der Waals surface area contributed by atoms with E-state index in [1.165, 1.54) is 0 Å². The molecule has 104 valence electrons. The fourth-order valence-corrected chi connectivity index (χ4v) is 2.84. The number of halogens is 2. The van der Waals surface area contributed by atoms with E-state index in [4.69, 9.17) is 0 Å². The van der Waals surface area contributed by atoms with E-state index in [9.17, 15) is 8.78 Å². The van der Waals surface area contributed by atoms with Gasteiger partial charge in [0.05, 0.1) is 16.6 Å². The van der Waals surface area contributed by atoms with Gasteiger partial charge >= 0.3 is 6.61 Å². The van der Waals surface area contributed by atoms with Gasteiger partial charge in [0, 0.05) is 6.42 Å². The fourth-order valence-electron chi connectivity index (χ4n) is 2.11. The van der Waals surface area contributed by atoms with Crippen molar-refractivity contribution in [2.75, 3.05) is 0 Å². The molecule has 0 fully saturated rings. The summed E-state index contributed by atoms with van der Waals surface area (Å²) in [5, 5.41) is 6.35. The molecule has 1 atom stereocenters. The van der Waals surface area contributed by atoms with E-state index in [0.717, 1.165) is 22.6 Å². The van der Waals surface area contributed by atoms with Crippen molar-refractivity contribution in [3.8, 4) is 5.75 Å². The molecule has 1 unspecified atom stereocenters. The van der Waals surface area contributed by atoms with Gasteiger partial charge in [0.15, 0.2) is 0 Å². The average Bonchev–Trinajstić information content (AvgIpc) is 3.10.